The zero-order valence-corrected chi connectivity index (χ0v) is 14.5. The number of rotatable bonds is 2. The maximum atomic E-state index is 13.1. The molecule has 2 aliphatic heterocycles. The molecule has 2 aliphatic rings. The molecule has 25 heavy (non-hydrogen) atoms. The topological polar surface area (TPSA) is 62.7 Å². The number of aryl methyl sites for hydroxylation is 1. The molecule has 0 radical (unpaired) electrons. The number of pyridine rings is 1. The predicted octanol–water partition coefficient (Wildman–Crippen LogP) is 2.55. The Morgan fingerprint density at radius 2 is 2.16 bits per heavy atom. The number of amides is 1. The van der Waals surface area contributed by atoms with E-state index in [1.54, 1.807) is 0 Å². The predicted molar refractivity (Wildman–Crippen MR) is 95.5 cm³/mol. The zero-order chi connectivity index (χ0) is 17.4. The Labute approximate surface area is 147 Å². The van der Waals surface area contributed by atoms with E-state index in [2.05, 4.69) is 4.98 Å². The highest BCUT2D eigenvalue weighted by Gasteiger charge is 2.39. The van der Waals surface area contributed by atoms with Crippen LogP contribution in [0.15, 0.2) is 30.3 Å². The lowest BCUT2D eigenvalue weighted by atomic mass is 9.89. The van der Waals surface area contributed by atoms with Crippen molar-refractivity contribution in [2.75, 3.05) is 19.8 Å². The number of ether oxygens (including phenoxy) is 1. The summed E-state index contributed by atoms with van der Waals surface area (Å²) in [5.41, 5.74) is 2.57. The van der Waals surface area contributed by atoms with Crippen LogP contribution in [0.1, 0.15) is 35.3 Å². The third-order valence-electron chi connectivity index (χ3n) is 5.49. The van der Waals surface area contributed by atoms with E-state index in [0.29, 0.717) is 25.2 Å². The van der Waals surface area contributed by atoms with Gasteiger partial charge < -0.3 is 14.7 Å². The van der Waals surface area contributed by atoms with Crippen molar-refractivity contribution >= 4 is 16.8 Å². The number of fused-ring (bicyclic) bond motifs is 1. The fraction of sp³-hybridized carbons (Fsp3) is 0.500. The lowest BCUT2D eigenvalue weighted by molar-refractivity contribution is -0.0589. The van der Waals surface area contributed by atoms with Gasteiger partial charge in [-0.2, -0.15) is 0 Å². The van der Waals surface area contributed by atoms with E-state index >= 15 is 0 Å². The number of hydrogen-bond acceptors (Lipinski definition) is 4. The fourth-order valence-corrected chi connectivity index (χ4v) is 4.13. The molecule has 1 aromatic heterocycles. The van der Waals surface area contributed by atoms with Gasteiger partial charge in [-0.25, -0.2) is 0 Å². The van der Waals surface area contributed by atoms with E-state index in [9.17, 15) is 9.90 Å². The molecular formula is C20H24N2O3. The number of carbonyl (C=O) groups excluding carboxylic acids is 1. The van der Waals surface area contributed by atoms with Gasteiger partial charge in [-0.1, -0.05) is 6.07 Å². The Kier molecular flexibility index (Phi) is 4.44. The van der Waals surface area contributed by atoms with Crippen molar-refractivity contribution in [1.29, 1.82) is 0 Å². The first-order valence-electron chi connectivity index (χ1n) is 9.08. The average molecular weight is 340 g/mol. The summed E-state index contributed by atoms with van der Waals surface area (Å²) in [6.45, 7) is 3.85. The molecular weight excluding hydrogens is 316 g/mol. The van der Waals surface area contributed by atoms with Crippen LogP contribution in [0.25, 0.3) is 10.9 Å². The third-order valence-corrected chi connectivity index (χ3v) is 5.49. The number of carbonyl (C=O) groups is 1. The van der Waals surface area contributed by atoms with Gasteiger partial charge >= 0.3 is 0 Å². The molecule has 0 spiro atoms. The molecule has 0 aliphatic carbocycles. The van der Waals surface area contributed by atoms with Crippen LogP contribution in [0, 0.1) is 12.8 Å². The first kappa shape index (κ1) is 16.5. The Bertz CT molecular complexity index is 792. The second-order valence-electron chi connectivity index (χ2n) is 7.16. The number of likely N-dealkylation sites (tertiary alicyclic amines) is 1. The summed E-state index contributed by atoms with van der Waals surface area (Å²) in [4.78, 5) is 19.5. The van der Waals surface area contributed by atoms with E-state index in [0.717, 1.165) is 36.0 Å². The normalized spacial score (nSPS) is 27.0. The van der Waals surface area contributed by atoms with Gasteiger partial charge in [-0.05, 0) is 50.5 Å². The second-order valence-corrected chi connectivity index (χ2v) is 7.16. The minimum atomic E-state index is -0.379. The van der Waals surface area contributed by atoms with Crippen molar-refractivity contribution in [2.45, 2.75) is 38.3 Å². The summed E-state index contributed by atoms with van der Waals surface area (Å²) in [6.07, 6.45) is 2.19. The molecule has 2 saturated heterocycles. The van der Waals surface area contributed by atoms with E-state index < -0.39 is 0 Å². The SMILES string of the molecule is Cc1ccc2cc(C(=O)N3CCC[C@@H]3[C@@H]3COCC[C@@H]3O)ccc2n1. The van der Waals surface area contributed by atoms with Crippen LogP contribution in [-0.4, -0.2) is 52.8 Å². The van der Waals surface area contributed by atoms with Crippen molar-refractivity contribution in [3.8, 4) is 0 Å². The first-order chi connectivity index (χ1) is 12.1. The van der Waals surface area contributed by atoms with Crippen LogP contribution in [-0.2, 0) is 4.74 Å². The van der Waals surface area contributed by atoms with Crippen molar-refractivity contribution in [3.05, 3.63) is 41.6 Å². The van der Waals surface area contributed by atoms with Crippen molar-refractivity contribution < 1.29 is 14.6 Å². The van der Waals surface area contributed by atoms with E-state index in [-0.39, 0.29) is 24.0 Å². The number of aliphatic hydroxyl groups excluding tert-OH is 1. The standard InChI is InChI=1S/C20H24N2O3/c1-13-4-5-14-11-15(6-7-17(14)21-13)20(24)22-9-2-3-18(22)16-12-25-10-8-19(16)23/h4-7,11,16,18-19,23H,2-3,8-10,12H2,1H3/t16-,18+,19-/m0/s1. The highest BCUT2D eigenvalue weighted by atomic mass is 16.5. The molecule has 0 bridgehead atoms. The van der Waals surface area contributed by atoms with Crippen LogP contribution >= 0.6 is 0 Å². The number of nitrogens with zero attached hydrogens (tertiary/aromatic N) is 2. The molecule has 4 rings (SSSR count). The van der Waals surface area contributed by atoms with Gasteiger partial charge in [0.25, 0.3) is 5.91 Å². The maximum absolute atomic E-state index is 13.1. The summed E-state index contributed by atoms with van der Waals surface area (Å²) in [5, 5.41) is 11.3. The van der Waals surface area contributed by atoms with E-state index in [1.165, 1.54) is 0 Å². The highest BCUT2D eigenvalue weighted by molar-refractivity contribution is 5.98. The summed E-state index contributed by atoms with van der Waals surface area (Å²) < 4.78 is 5.56. The molecule has 2 aromatic rings. The van der Waals surface area contributed by atoms with Crippen molar-refractivity contribution in [1.82, 2.24) is 9.88 Å². The molecule has 0 unspecified atom stereocenters. The molecule has 1 N–H and O–H groups in total. The van der Waals surface area contributed by atoms with Gasteiger partial charge in [0.05, 0.1) is 18.2 Å². The van der Waals surface area contributed by atoms with Gasteiger partial charge in [-0.3, -0.25) is 9.78 Å². The van der Waals surface area contributed by atoms with Crippen LogP contribution in [0.5, 0.6) is 0 Å². The number of benzene rings is 1. The van der Waals surface area contributed by atoms with Gasteiger partial charge in [0.1, 0.15) is 0 Å². The Balaban J connectivity index is 1.59. The Morgan fingerprint density at radius 3 is 3.00 bits per heavy atom. The first-order valence-corrected chi connectivity index (χ1v) is 9.08. The molecule has 2 fully saturated rings. The molecule has 5 nitrogen and oxygen atoms in total. The molecule has 0 saturated carbocycles. The Hall–Kier alpha value is -1.98. The fourth-order valence-electron chi connectivity index (χ4n) is 4.13. The number of aliphatic hydroxyl groups is 1. The summed E-state index contributed by atoms with van der Waals surface area (Å²) in [5.74, 6) is 0.0627. The largest absolute Gasteiger partial charge is 0.393 e. The minimum Gasteiger partial charge on any atom is -0.393 e. The Morgan fingerprint density at radius 1 is 1.28 bits per heavy atom. The van der Waals surface area contributed by atoms with E-state index in [1.807, 2.05) is 42.2 Å². The average Bonchev–Trinajstić information content (AvgIpc) is 3.10. The monoisotopic (exact) mass is 340 g/mol. The molecule has 5 heteroatoms. The zero-order valence-electron chi connectivity index (χ0n) is 14.5. The molecule has 3 heterocycles. The van der Waals surface area contributed by atoms with Crippen LogP contribution in [0.3, 0.4) is 0 Å². The van der Waals surface area contributed by atoms with Crippen molar-refractivity contribution in [3.63, 3.8) is 0 Å². The second kappa shape index (κ2) is 6.73. The smallest absolute Gasteiger partial charge is 0.254 e. The number of hydrogen-bond donors (Lipinski definition) is 1. The van der Waals surface area contributed by atoms with Gasteiger partial charge in [-0.15, -0.1) is 0 Å². The lowest BCUT2D eigenvalue weighted by Gasteiger charge is -2.37. The summed E-state index contributed by atoms with van der Waals surface area (Å²) in [6, 6.07) is 9.74. The highest BCUT2D eigenvalue weighted by Crippen LogP contribution is 2.31. The van der Waals surface area contributed by atoms with Crippen molar-refractivity contribution in [2.24, 2.45) is 5.92 Å². The quantitative estimate of drug-likeness (QED) is 0.913. The molecule has 132 valence electrons. The third kappa shape index (κ3) is 3.14. The molecule has 3 atom stereocenters. The summed E-state index contributed by atoms with van der Waals surface area (Å²) >= 11 is 0. The number of aromatic nitrogens is 1. The maximum Gasteiger partial charge on any atom is 0.254 e. The summed E-state index contributed by atoms with van der Waals surface area (Å²) in [7, 11) is 0. The van der Waals surface area contributed by atoms with Gasteiger partial charge in [0.15, 0.2) is 0 Å². The minimum absolute atomic E-state index is 0.0185. The molecule has 1 amide bonds. The van der Waals surface area contributed by atoms with Crippen LogP contribution < -0.4 is 0 Å². The van der Waals surface area contributed by atoms with Crippen LogP contribution in [0.2, 0.25) is 0 Å². The van der Waals surface area contributed by atoms with Crippen LogP contribution in [0.4, 0.5) is 0 Å². The molecule has 1 aromatic carbocycles. The lowest BCUT2D eigenvalue weighted by Crippen LogP contribution is -2.48. The van der Waals surface area contributed by atoms with Gasteiger partial charge in [0.2, 0.25) is 0 Å². The van der Waals surface area contributed by atoms with E-state index in [4.69, 9.17) is 4.74 Å². The van der Waals surface area contributed by atoms with Gasteiger partial charge in [0, 0.05) is 41.8 Å².